The van der Waals surface area contributed by atoms with Crippen LogP contribution in [-0.2, 0) is 21.4 Å². The normalized spacial score (nSPS) is 11.1. The molecule has 0 radical (unpaired) electrons. The van der Waals surface area contributed by atoms with Crippen LogP contribution >= 0.6 is 0 Å². The number of ether oxygens (including phenoxy) is 2. The van der Waals surface area contributed by atoms with Gasteiger partial charge in [0.05, 0.1) is 33.0 Å². The number of halogens is 1. The van der Waals surface area contributed by atoms with Crippen molar-refractivity contribution in [1.29, 1.82) is 0 Å². The first-order valence-corrected chi connectivity index (χ1v) is 12.2. The molecule has 196 valence electrons. The number of anilines is 2. The number of rotatable bonds is 13. The Hall–Kier alpha value is -2.78. The van der Waals surface area contributed by atoms with Crippen LogP contribution in [0.25, 0.3) is 11.4 Å². The lowest BCUT2D eigenvalue weighted by Crippen LogP contribution is -3.00. The van der Waals surface area contributed by atoms with Crippen LogP contribution < -0.4 is 28.8 Å². The molecule has 2 aromatic carbocycles. The fraction of sp³-hybridized carbons (Fsp3) is 0.444. The summed E-state index contributed by atoms with van der Waals surface area (Å²) in [4.78, 5) is 13.9. The Morgan fingerprint density at radius 3 is 2.14 bits per heavy atom. The second kappa shape index (κ2) is 14.7. The van der Waals surface area contributed by atoms with E-state index in [4.69, 9.17) is 14.5 Å². The number of benzene rings is 2. The van der Waals surface area contributed by atoms with E-state index in [2.05, 4.69) is 103 Å². The van der Waals surface area contributed by atoms with E-state index in [9.17, 15) is 0 Å². The Balaban J connectivity index is 0.00000456. The maximum atomic E-state index is 5.61. The highest BCUT2D eigenvalue weighted by Gasteiger charge is 2.14. The smallest absolute Gasteiger partial charge is 0.228 e. The predicted molar refractivity (Wildman–Crippen MR) is 140 cm³/mol. The van der Waals surface area contributed by atoms with Crippen LogP contribution in [0.2, 0.25) is 0 Å². The second-order valence-corrected chi connectivity index (χ2v) is 9.48. The summed E-state index contributed by atoms with van der Waals surface area (Å²) in [6.07, 6.45) is 0. The molecular formula is C27H39ClN6O2. The van der Waals surface area contributed by atoms with Crippen molar-refractivity contribution < 1.29 is 27.6 Å². The SMILES string of the molecule is Cc1cccc(CNc2nc(NCCOCCOCC[NH3+])nc(-c3ccc(C(C)(C)C)cc3)n2)c1.[Cl-]. The minimum atomic E-state index is 0. The molecule has 8 nitrogen and oxygen atoms in total. The summed E-state index contributed by atoms with van der Waals surface area (Å²) in [5.74, 6) is 1.66. The molecule has 0 amide bonds. The summed E-state index contributed by atoms with van der Waals surface area (Å²) in [6, 6.07) is 16.8. The van der Waals surface area contributed by atoms with Gasteiger partial charge in [0.15, 0.2) is 5.82 Å². The van der Waals surface area contributed by atoms with E-state index in [1.807, 2.05) is 0 Å². The molecule has 0 spiro atoms. The molecule has 0 atom stereocenters. The molecule has 0 aliphatic rings. The number of aromatic nitrogens is 3. The first-order valence-electron chi connectivity index (χ1n) is 12.2. The third-order valence-electron chi connectivity index (χ3n) is 5.37. The van der Waals surface area contributed by atoms with Gasteiger partial charge in [0.2, 0.25) is 11.9 Å². The molecule has 3 aromatic rings. The summed E-state index contributed by atoms with van der Waals surface area (Å²) >= 11 is 0. The molecule has 0 saturated carbocycles. The van der Waals surface area contributed by atoms with Gasteiger partial charge in [-0.1, -0.05) is 74.9 Å². The van der Waals surface area contributed by atoms with E-state index < -0.39 is 0 Å². The van der Waals surface area contributed by atoms with Crippen molar-refractivity contribution in [2.75, 3.05) is 50.2 Å². The van der Waals surface area contributed by atoms with Gasteiger partial charge in [-0.3, -0.25) is 0 Å². The zero-order valence-electron chi connectivity index (χ0n) is 21.8. The molecule has 0 unspecified atom stereocenters. The fourth-order valence-corrected chi connectivity index (χ4v) is 3.44. The van der Waals surface area contributed by atoms with E-state index in [1.54, 1.807) is 0 Å². The third-order valence-corrected chi connectivity index (χ3v) is 5.37. The summed E-state index contributed by atoms with van der Waals surface area (Å²) in [5, 5.41) is 6.61. The van der Waals surface area contributed by atoms with E-state index in [-0.39, 0.29) is 17.8 Å². The first kappa shape index (κ1) is 29.5. The van der Waals surface area contributed by atoms with Crippen molar-refractivity contribution in [2.24, 2.45) is 0 Å². The number of hydrogen-bond donors (Lipinski definition) is 3. The van der Waals surface area contributed by atoms with Gasteiger partial charge >= 0.3 is 0 Å². The Kier molecular flexibility index (Phi) is 12.0. The molecule has 0 aliphatic heterocycles. The maximum absolute atomic E-state index is 5.61. The van der Waals surface area contributed by atoms with Gasteiger partial charge in [-0.2, -0.15) is 15.0 Å². The van der Waals surface area contributed by atoms with Gasteiger partial charge in [0.25, 0.3) is 0 Å². The molecule has 5 N–H and O–H groups in total. The topological polar surface area (TPSA) is 109 Å². The Bertz CT molecular complexity index is 1060. The van der Waals surface area contributed by atoms with Crippen molar-refractivity contribution in [3.63, 3.8) is 0 Å². The number of hydrogen-bond acceptors (Lipinski definition) is 7. The molecule has 0 saturated heterocycles. The van der Waals surface area contributed by atoms with Gasteiger partial charge in [0, 0.05) is 18.7 Å². The van der Waals surface area contributed by atoms with Crippen molar-refractivity contribution in [3.8, 4) is 11.4 Å². The first-order chi connectivity index (χ1) is 16.8. The number of nitrogens with zero attached hydrogens (tertiary/aromatic N) is 3. The molecule has 1 aromatic heterocycles. The number of nitrogens with one attached hydrogen (secondary N) is 2. The molecule has 1 heterocycles. The van der Waals surface area contributed by atoms with Crippen LogP contribution in [0.1, 0.15) is 37.5 Å². The highest BCUT2D eigenvalue weighted by atomic mass is 35.5. The summed E-state index contributed by atoms with van der Waals surface area (Å²) < 4.78 is 11.0. The van der Waals surface area contributed by atoms with E-state index in [0.717, 1.165) is 12.1 Å². The molecular weight excluding hydrogens is 476 g/mol. The van der Waals surface area contributed by atoms with E-state index >= 15 is 0 Å². The van der Waals surface area contributed by atoms with Crippen molar-refractivity contribution in [2.45, 2.75) is 39.7 Å². The van der Waals surface area contributed by atoms with Gasteiger partial charge in [-0.05, 0) is 23.5 Å². The third kappa shape index (κ3) is 9.70. The van der Waals surface area contributed by atoms with Crippen LogP contribution in [0.4, 0.5) is 11.9 Å². The van der Waals surface area contributed by atoms with Crippen LogP contribution in [0.15, 0.2) is 48.5 Å². The highest BCUT2D eigenvalue weighted by molar-refractivity contribution is 5.59. The zero-order chi connectivity index (χ0) is 25.1. The van der Waals surface area contributed by atoms with Gasteiger partial charge in [0.1, 0.15) is 0 Å². The Labute approximate surface area is 220 Å². The number of aryl methyl sites for hydroxylation is 1. The fourth-order valence-electron chi connectivity index (χ4n) is 3.44. The summed E-state index contributed by atoms with van der Waals surface area (Å²) in [7, 11) is 0. The second-order valence-electron chi connectivity index (χ2n) is 9.48. The van der Waals surface area contributed by atoms with Gasteiger partial charge in [-0.25, -0.2) is 0 Å². The largest absolute Gasteiger partial charge is 1.00 e. The quantitative estimate of drug-likeness (QED) is 0.284. The molecule has 3 rings (SSSR count). The molecule has 36 heavy (non-hydrogen) atoms. The van der Waals surface area contributed by atoms with Crippen LogP contribution in [0.5, 0.6) is 0 Å². The average molecular weight is 515 g/mol. The van der Waals surface area contributed by atoms with Crippen LogP contribution in [-0.4, -0.2) is 54.5 Å². The average Bonchev–Trinajstić information content (AvgIpc) is 2.84. The lowest BCUT2D eigenvalue weighted by Gasteiger charge is -2.19. The zero-order valence-corrected chi connectivity index (χ0v) is 22.6. The lowest BCUT2D eigenvalue weighted by atomic mass is 9.87. The minimum absolute atomic E-state index is 0. The monoisotopic (exact) mass is 514 g/mol. The van der Waals surface area contributed by atoms with Gasteiger partial charge in [-0.15, -0.1) is 0 Å². The van der Waals surface area contributed by atoms with Crippen molar-refractivity contribution in [1.82, 2.24) is 15.0 Å². The maximum Gasteiger partial charge on any atom is 0.228 e. The molecule has 0 fully saturated rings. The van der Waals surface area contributed by atoms with E-state index in [0.29, 0.717) is 57.2 Å². The van der Waals surface area contributed by atoms with Gasteiger partial charge < -0.3 is 38.2 Å². The van der Waals surface area contributed by atoms with Crippen LogP contribution in [0, 0.1) is 6.92 Å². The minimum Gasteiger partial charge on any atom is -1.00 e. The Morgan fingerprint density at radius 2 is 1.50 bits per heavy atom. The van der Waals surface area contributed by atoms with E-state index in [1.165, 1.54) is 16.7 Å². The summed E-state index contributed by atoms with van der Waals surface area (Å²) in [6.45, 7) is 13.0. The number of quaternary nitrogens is 1. The van der Waals surface area contributed by atoms with Crippen molar-refractivity contribution in [3.05, 3.63) is 65.2 Å². The Morgan fingerprint density at radius 1 is 0.833 bits per heavy atom. The lowest BCUT2D eigenvalue weighted by molar-refractivity contribution is -0.374. The molecule has 0 bridgehead atoms. The predicted octanol–water partition coefficient (Wildman–Crippen LogP) is 0.448. The van der Waals surface area contributed by atoms with Crippen LogP contribution in [0.3, 0.4) is 0 Å². The molecule has 0 aliphatic carbocycles. The summed E-state index contributed by atoms with van der Waals surface area (Å²) in [5.41, 5.74) is 8.44. The molecule has 9 heteroatoms. The highest BCUT2D eigenvalue weighted by Crippen LogP contribution is 2.25. The van der Waals surface area contributed by atoms with Crippen molar-refractivity contribution >= 4 is 11.9 Å². The standard InChI is InChI=1S/C27H38N6O2.ClH/c1-20-6-5-7-21(18-20)19-30-26-32-24(22-8-10-23(11-9-22)27(2,3)4)31-25(33-26)29-13-15-35-17-16-34-14-12-28;/h5-11,18H,12-17,19,28H2,1-4H3,(H2,29,30,31,32,33);1H.